The van der Waals surface area contributed by atoms with E-state index >= 15 is 0 Å². The standard InChI is InChI=1S/C18H25N3O/c1-14-5-6-16(12-19-14)15(2)20-17-7-9-21(10-8-17)13-18-4-3-11-22-18/h3-6,11-12,15,17,20H,7-10,13H2,1-2H3/t15-/m1/s1. The monoisotopic (exact) mass is 299 g/mol. The topological polar surface area (TPSA) is 41.3 Å². The fourth-order valence-electron chi connectivity index (χ4n) is 3.07. The molecule has 3 heterocycles. The number of hydrogen-bond donors (Lipinski definition) is 1. The molecule has 4 heteroatoms. The molecule has 2 aromatic heterocycles. The van der Waals surface area contributed by atoms with Crippen molar-refractivity contribution in [3.05, 3.63) is 53.7 Å². The van der Waals surface area contributed by atoms with Crippen LogP contribution in [0.1, 0.15) is 42.8 Å². The van der Waals surface area contributed by atoms with Crippen LogP contribution in [0.4, 0.5) is 0 Å². The highest BCUT2D eigenvalue weighted by molar-refractivity contribution is 5.16. The molecule has 118 valence electrons. The third-order valence-corrected chi connectivity index (χ3v) is 4.47. The van der Waals surface area contributed by atoms with Gasteiger partial charge in [-0.15, -0.1) is 0 Å². The Hall–Kier alpha value is -1.65. The molecule has 2 aromatic rings. The average molecular weight is 299 g/mol. The summed E-state index contributed by atoms with van der Waals surface area (Å²) in [5, 5.41) is 3.74. The number of aromatic nitrogens is 1. The van der Waals surface area contributed by atoms with Crippen LogP contribution in [-0.2, 0) is 6.54 Å². The van der Waals surface area contributed by atoms with Crippen molar-refractivity contribution in [2.24, 2.45) is 0 Å². The first kappa shape index (κ1) is 15.3. The number of aryl methyl sites for hydroxylation is 1. The number of piperidine rings is 1. The lowest BCUT2D eigenvalue weighted by Gasteiger charge is -2.33. The zero-order valence-electron chi connectivity index (χ0n) is 13.5. The number of hydrogen-bond acceptors (Lipinski definition) is 4. The molecule has 1 atom stereocenters. The van der Waals surface area contributed by atoms with E-state index in [-0.39, 0.29) is 0 Å². The van der Waals surface area contributed by atoms with Crippen LogP contribution < -0.4 is 5.32 Å². The maximum atomic E-state index is 5.43. The summed E-state index contributed by atoms with van der Waals surface area (Å²) in [5.74, 6) is 1.06. The van der Waals surface area contributed by atoms with Gasteiger partial charge in [0.25, 0.3) is 0 Å². The quantitative estimate of drug-likeness (QED) is 0.920. The number of pyridine rings is 1. The fourth-order valence-corrected chi connectivity index (χ4v) is 3.07. The highest BCUT2D eigenvalue weighted by Gasteiger charge is 2.21. The van der Waals surface area contributed by atoms with E-state index < -0.39 is 0 Å². The van der Waals surface area contributed by atoms with Crippen LogP contribution in [0.3, 0.4) is 0 Å². The minimum atomic E-state index is 0.356. The number of furan rings is 1. The maximum absolute atomic E-state index is 5.43. The summed E-state index contributed by atoms with van der Waals surface area (Å²) in [5.41, 5.74) is 2.34. The Balaban J connectivity index is 1.46. The van der Waals surface area contributed by atoms with Gasteiger partial charge in [-0.2, -0.15) is 0 Å². The Kier molecular flexibility index (Phi) is 4.90. The van der Waals surface area contributed by atoms with Crippen LogP contribution in [0.5, 0.6) is 0 Å². The van der Waals surface area contributed by atoms with E-state index in [4.69, 9.17) is 4.42 Å². The number of likely N-dealkylation sites (tertiary alicyclic amines) is 1. The highest BCUT2D eigenvalue weighted by Crippen LogP contribution is 2.18. The predicted molar refractivity (Wildman–Crippen MR) is 87.5 cm³/mol. The van der Waals surface area contributed by atoms with E-state index in [1.807, 2.05) is 19.2 Å². The van der Waals surface area contributed by atoms with Crippen molar-refractivity contribution >= 4 is 0 Å². The van der Waals surface area contributed by atoms with Crippen molar-refractivity contribution in [3.8, 4) is 0 Å². The molecular formula is C18H25N3O. The molecule has 1 saturated heterocycles. The van der Waals surface area contributed by atoms with Gasteiger partial charge in [-0.25, -0.2) is 0 Å². The Morgan fingerprint density at radius 2 is 2.14 bits per heavy atom. The van der Waals surface area contributed by atoms with E-state index in [9.17, 15) is 0 Å². The van der Waals surface area contributed by atoms with E-state index in [0.717, 1.165) is 31.1 Å². The summed E-state index contributed by atoms with van der Waals surface area (Å²) in [6.07, 6.45) is 6.11. The zero-order chi connectivity index (χ0) is 15.4. The smallest absolute Gasteiger partial charge is 0.117 e. The molecule has 0 spiro atoms. The third-order valence-electron chi connectivity index (χ3n) is 4.47. The lowest BCUT2D eigenvalue weighted by molar-refractivity contribution is 0.174. The average Bonchev–Trinajstić information content (AvgIpc) is 3.03. The SMILES string of the molecule is Cc1ccc([C@@H](C)NC2CCN(Cc3ccco3)CC2)cn1. The summed E-state index contributed by atoms with van der Waals surface area (Å²) in [4.78, 5) is 6.86. The summed E-state index contributed by atoms with van der Waals surface area (Å²) in [6.45, 7) is 7.42. The number of nitrogens with one attached hydrogen (secondary N) is 1. The van der Waals surface area contributed by atoms with Crippen molar-refractivity contribution in [1.82, 2.24) is 15.2 Å². The van der Waals surface area contributed by atoms with Crippen molar-refractivity contribution in [1.29, 1.82) is 0 Å². The van der Waals surface area contributed by atoms with Gasteiger partial charge in [0.05, 0.1) is 12.8 Å². The van der Waals surface area contributed by atoms with E-state index in [1.54, 1.807) is 6.26 Å². The molecule has 1 fully saturated rings. The molecule has 0 aromatic carbocycles. The summed E-state index contributed by atoms with van der Waals surface area (Å²) in [7, 11) is 0. The Morgan fingerprint density at radius 3 is 2.77 bits per heavy atom. The van der Waals surface area contributed by atoms with Gasteiger partial charge in [0.1, 0.15) is 5.76 Å². The molecule has 1 aliphatic heterocycles. The van der Waals surface area contributed by atoms with Gasteiger partial charge in [-0.3, -0.25) is 9.88 Å². The molecule has 0 unspecified atom stereocenters. The zero-order valence-corrected chi connectivity index (χ0v) is 13.5. The van der Waals surface area contributed by atoms with E-state index in [0.29, 0.717) is 12.1 Å². The highest BCUT2D eigenvalue weighted by atomic mass is 16.3. The Morgan fingerprint density at radius 1 is 1.32 bits per heavy atom. The van der Waals surface area contributed by atoms with Crippen LogP contribution in [0.2, 0.25) is 0 Å². The van der Waals surface area contributed by atoms with Crippen LogP contribution in [0, 0.1) is 6.92 Å². The first-order valence-electron chi connectivity index (χ1n) is 8.14. The van der Waals surface area contributed by atoms with Crippen LogP contribution in [0.15, 0.2) is 41.1 Å². The molecule has 0 aliphatic carbocycles. The summed E-state index contributed by atoms with van der Waals surface area (Å²) in [6, 6.07) is 9.21. The minimum Gasteiger partial charge on any atom is -0.468 e. The van der Waals surface area contributed by atoms with Gasteiger partial charge >= 0.3 is 0 Å². The first-order chi connectivity index (χ1) is 10.7. The van der Waals surface area contributed by atoms with E-state index in [1.165, 1.54) is 18.4 Å². The lowest BCUT2D eigenvalue weighted by atomic mass is 10.0. The second-order valence-corrected chi connectivity index (χ2v) is 6.25. The molecule has 1 N–H and O–H groups in total. The minimum absolute atomic E-state index is 0.356. The summed E-state index contributed by atoms with van der Waals surface area (Å²) >= 11 is 0. The Labute approximate surface area is 132 Å². The van der Waals surface area contributed by atoms with Gasteiger partial charge in [-0.1, -0.05) is 6.07 Å². The fraction of sp³-hybridized carbons (Fsp3) is 0.500. The van der Waals surface area contributed by atoms with E-state index in [2.05, 4.69) is 40.3 Å². The van der Waals surface area contributed by atoms with Crippen LogP contribution in [0.25, 0.3) is 0 Å². The van der Waals surface area contributed by atoms with Gasteiger partial charge < -0.3 is 9.73 Å². The second kappa shape index (κ2) is 7.07. The molecule has 0 amide bonds. The van der Waals surface area contributed by atoms with Crippen molar-refractivity contribution < 1.29 is 4.42 Å². The maximum Gasteiger partial charge on any atom is 0.117 e. The Bertz CT molecular complexity index is 557. The molecule has 22 heavy (non-hydrogen) atoms. The van der Waals surface area contributed by atoms with Crippen molar-refractivity contribution in [2.45, 2.75) is 45.3 Å². The molecular weight excluding hydrogens is 274 g/mol. The van der Waals surface area contributed by atoms with Crippen LogP contribution >= 0.6 is 0 Å². The van der Waals surface area contributed by atoms with Crippen molar-refractivity contribution in [3.63, 3.8) is 0 Å². The second-order valence-electron chi connectivity index (χ2n) is 6.25. The summed E-state index contributed by atoms with van der Waals surface area (Å²) < 4.78 is 5.43. The predicted octanol–water partition coefficient (Wildman–Crippen LogP) is 3.30. The molecule has 0 saturated carbocycles. The lowest BCUT2D eigenvalue weighted by Crippen LogP contribution is -2.42. The van der Waals surface area contributed by atoms with Gasteiger partial charge in [0, 0.05) is 37.1 Å². The molecule has 4 nitrogen and oxygen atoms in total. The van der Waals surface area contributed by atoms with Crippen molar-refractivity contribution in [2.75, 3.05) is 13.1 Å². The number of nitrogens with zero attached hydrogens (tertiary/aromatic N) is 2. The molecule has 1 aliphatic rings. The van der Waals surface area contributed by atoms with Gasteiger partial charge in [-0.05, 0) is 50.5 Å². The molecule has 0 bridgehead atoms. The molecule has 0 radical (unpaired) electrons. The van der Waals surface area contributed by atoms with Gasteiger partial charge in [0.15, 0.2) is 0 Å². The van der Waals surface area contributed by atoms with Gasteiger partial charge in [0.2, 0.25) is 0 Å². The normalized spacial score (nSPS) is 18.5. The van der Waals surface area contributed by atoms with Crippen LogP contribution in [-0.4, -0.2) is 29.0 Å². The largest absolute Gasteiger partial charge is 0.468 e. The first-order valence-corrected chi connectivity index (χ1v) is 8.14. The molecule has 3 rings (SSSR count). The number of rotatable bonds is 5. The third kappa shape index (κ3) is 3.96.